The Morgan fingerprint density at radius 3 is 3.08 bits per heavy atom. The Kier molecular flexibility index (Phi) is 3.02. The van der Waals surface area contributed by atoms with Crippen molar-refractivity contribution in [1.82, 2.24) is 0 Å². The summed E-state index contributed by atoms with van der Waals surface area (Å²) in [6, 6.07) is 3.46. The van der Waals surface area contributed by atoms with Crippen LogP contribution in [0.4, 0.5) is 0 Å². The summed E-state index contributed by atoms with van der Waals surface area (Å²) < 4.78 is 0.723. The number of carbonyl (C=O) groups is 1. The third kappa shape index (κ3) is 2.54. The molecule has 1 heterocycles. The predicted molar refractivity (Wildman–Crippen MR) is 45.1 cm³/mol. The van der Waals surface area contributed by atoms with Gasteiger partial charge in [-0.05, 0) is 6.07 Å². The molecule has 0 amide bonds. The number of nitrogens with zero attached hydrogens (tertiary/aromatic N) is 1. The Hall–Kier alpha value is -1.64. The molecule has 0 saturated heterocycles. The molecule has 1 aromatic heterocycles. The van der Waals surface area contributed by atoms with E-state index in [0.29, 0.717) is 6.42 Å². The first-order valence-electron chi connectivity index (χ1n) is 3.62. The first-order valence-corrected chi connectivity index (χ1v) is 3.62. The maximum absolute atomic E-state index is 10.7. The van der Waals surface area contributed by atoms with Crippen LogP contribution < -0.4 is 4.73 Å². The molecular weight excluding hydrogens is 154 g/mol. The van der Waals surface area contributed by atoms with Gasteiger partial charge in [0.05, 0.1) is 0 Å². The molecule has 0 aromatic carbocycles. The van der Waals surface area contributed by atoms with Gasteiger partial charge in [0.15, 0.2) is 12.4 Å². The van der Waals surface area contributed by atoms with Crippen molar-refractivity contribution in [2.75, 3.05) is 0 Å². The van der Waals surface area contributed by atoms with Crippen molar-refractivity contribution < 1.29 is 9.52 Å². The molecule has 0 spiro atoms. The molecule has 0 saturated carbocycles. The second-order valence-electron chi connectivity index (χ2n) is 2.30. The fourth-order valence-corrected chi connectivity index (χ4v) is 0.830. The number of hydrogen-bond donors (Lipinski definition) is 0. The molecule has 0 N–H and O–H groups in total. The van der Waals surface area contributed by atoms with Gasteiger partial charge in [0.25, 0.3) is 0 Å². The Morgan fingerprint density at radius 2 is 2.42 bits per heavy atom. The average molecular weight is 163 g/mol. The Morgan fingerprint density at radius 1 is 1.58 bits per heavy atom. The minimum atomic E-state index is 0.383. The van der Waals surface area contributed by atoms with Gasteiger partial charge in [-0.15, -0.1) is 0 Å². The van der Waals surface area contributed by atoms with Crippen molar-refractivity contribution in [3.05, 3.63) is 41.4 Å². The number of rotatable bonds is 3. The van der Waals surface area contributed by atoms with Crippen LogP contribution in [0.15, 0.2) is 30.6 Å². The maximum Gasteiger partial charge on any atom is 0.187 e. The lowest BCUT2D eigenvalue weighted by atomic mass is 10.2. The van der Waals surface area contributed by atoms with Crippen LogP contribution in [-0.4, -0.2) is 6.29 Å². The summed E-state index contributed by atoms with van der Waals surface area (Å²) in [4.78, 5) is 9.94. The SMILES string of the molecule is O=CCC=Cc1ccc[n+]([O-])c1. The van der Waals surface area contributed by atoms with E-state index < -0.39 is 0 Å². The highest BCUT2D eigenvalue weighted by atomic mass is 16.5. The lowest BCUT2D eigenvalue weighted by Gasteiger charge is -1.94. The van der Waals surface area contributed by atoms with Crippen LogP contribution in [0.1, 0.15) is 12.0 Å². The van der Waals surface area contributed by atoms with E-state index >= 15 is 0 Å². The van der Waals surface area contributed by atoms with Crippen molar-refractivity contribution >= 4 is 12.4 Å². The van der Waals surface area contributed by atoms with Crippen molar-refractivity contribution in [3.63, 3.8) is 0 Å². The number of aromatic nitrogens is 1. The van der Waals surface area contributed by atoms with E-state index in [1.807, 2.05) is 0 Å². The molecule has 62 valence electrons. The van der Waals surface area contributed by atoms with Gasteiger partial charge in [0.2, 0.25) is 0 Å². The lowest BCUT2D eigenvalue weighted by Crippen LogP contribution is -2.24. The zero-order valence-electron chi connectivity index (χ0n) is 6.51. The third-order valence-electron chi connectivity index (χ3n) is 1.34. The van der Waals surface area contributed by atoms with Crippen LogP contribution in [-0.2, 0) is 4.79 Å². The Bertz CT molecular complexity index is 294. The first kappa shape index (κ1) is 8.46. The minimum Gasteiger partial charge on any atom is -0.619 e. The molecule has 0 aliphatic rings. The van der Waals surface area contributed by atoms with E-state index in [2.05, 4.69) is 0 Å². The summed E-state index contributed by atoms with van der Waals surface area (Å²) in [6.07, 6.45) is 7.50. The highest BCUT2D eigenvalue weighted by Crippen LogP contribution is 1.97. The number of hydrogen-bond acceptors (Lipinski definition) is 2. The van der Waals surface area contributed by atoms with E-state index in [1.165, 1.54) is 12.4 Å². The van der Waals surface area contributed by atoms with Crippen LogP contribution in [0.5, 0.6) is 0 Å². The van der Waals surface area contributed by atoms with E-state index in [-0.39, 0.29) is 0 Å². The summed E-state index contributed by atoms with van der Waals surface area (Å²) in [5.41, 5.74) is 0.800. The lowest BCUT2D eigenvalue weighted by molar-refractivity contribution is -0.605. The largest absolute Gasteiger partial charge is 0.619 e. The van der Waals surface area contributed by atoms with Crippen molar-refractivity contribution in [2.24, 2.45) is 0 Å². The second kappa shape index (κ2) is 4.28. The fraction of sp³-hybridized carbons (Fsp3) is 0.111. The third-order valence-corrected chi connectivity index (χ3v) is 1.34. The maximum atomic E-state index is 10.7. The van der Waals surface area contributed by atoms with Gasteiger partial charge in [-0.2, -0.15) is 4.73 Å². The smallest absolute Gasteiger partial charge is 0.187 e. The highest BCUT2D eigenvalue weighted by Gasteiger charge is 1.90. The normalized spacial score (nSPS) is 10.3. The molecule has 1 aromatic rings. The van der Waals surface area contributed by atoms with Gasteiger partial charge >= 0.3 is 0 Å². The topological polar surface area (TPSA) is 44.0 Å². The molecule has 3 nitrogen and oxygen atoms in total. The van der Waals surface area contributed by atoms with E-state index in [0.717, 1.165) is 16.6 Å². The van der Waals surface area contributed by atoms with Crippen molar-refractivity contribution in [3.8, 4) is 0 Å². The highest BCUT2D eigenvalue weighted by molar-refractivity contribution is 5.57. The monoisotopic (exact) mass is 163 g/mol. The van der Waals surface area contributed by atoms with Crippen molar-refractivity contribution in [1.29, 1.82) is 0 Å². The standard InChI is InChI=1S/C9H9NO2/c11-7-2-1-4-9-5-3-6-10(12)8-9/h1,3-8H,2H2. The number of carbonyl (C=O) groups excluding carboxylic acids is 1. The zero-order chi connectivity index (χ0) is 8.81. The molecule has 3 heteroatoms. The van der Waals surface area contributed by atoms with Crippen LogP contribution in [0.25, 0.3) is 6.08 Å². The molecule has 0 radical (unpaired) electrons. The molecule has 0 fully saturated rings. The molecule has 1 rings (SSSR count). The average Bonchev–Trinajstić information content (AvgIpc) is 2.05. The molecule has 12 heavy (non-hydrogen) atoms. The number of aldehydes is 1. The van der Waals surface area contributed by atoms with Gasteiger partial charge in [0, 0.05) is 18.1 Å². The minimum absolute atomic E-state index is 0.383. The quantitative estimate of drug-likeness (QED) is 0.378. The molecule has 0 aliphatic carbocycles. The van der Waals surface area contributed by atoms with Gasteiger partial charge in [-0.25, -0.2) is 0 Å². The van der Waals surface area contributed by atoms with Crippen molar-refractivity contribution in [2.45, 2.75) is 6.42 Å². The van der Waals surface area contributed by atoms with E-state index in [1.54, 1.807) is 24.3 Å². The summed E-state index contributed by atoms with van der Waals surface area (Å²) in [5, 5.41) is 10.7. The molecule has 0 aliphatic heterocycles. The van der Waals surface area contributed by atoms with Crippen LogP contribution in [0.3, 0.4) is 0 Å². The molecule has 0 bridgehead atoms. The van der Waals surface area contributed by atoms with Gasteiger partial charge in [-0.3, -0.25) is 0 Å². The summed E-state index contributed by atoms with van der Waals surface area (Å²) in [7, 11) is 0. The summed E-state index contributed by atoms with van der Waals surface area (Å²) in [5.74, 6) is 0. The van der Waals surface area contributed by atoms with Crippen LogP contribution >= 0.6 is 0 Å². The summed E-state index contributed by atoms with van der Waals surface area (Å²) >= 11 is 0. The zero-order valence-corrected chi connectivity index (χ0v) is 6.51. The van der Waals surface area contributed by atoms with Gasteiger partial charge in [-0.1, -0.05) is 12.2 Å². The van der Waals surface area contributed by atoms with Gasteiger partial charge < -0.3 is 10.0 Å². The van der Waals surface area contributed by atoms with Crippen LogP contribution in [0.2, 0.25) is 0 Å². The summed E-state index contributed by atoms with van der Waals surface area (Å²) in [6.45, 7) is 0. The number of pyridine rings is 1. The number of allylic oxidation sites excluding steroid dienone is 1. The second-order valence-corrected chi connectivity index (χ2v) is 2.30. The van der Waals surface area contributed by atoms with Gasteiger partial charge in [0.1, 0.15) is 6.29 Å². The van der Waals surface area contributed by atoms with E-state index in [4.69, 9.17) is 0 Å². The van der Waals surface area contributed by atoms with E-state index in [9.17, 15) is 10.0 Å². The predicted octanol–water partition coefficient (Wildman–Crippen LogP) is 0.922. The Balaban J connectivity index is 2.69. The first-order chi connectivity index (χ1) is 5.83. The fourth-order valence-electron chi connectivity index (χ4n) is 0.830. The van der Waals surface area contributed by atoms with Crippen LogP contribution in [0, 0.1) is 5.21 Å². The molecular formula is C9H9NO2. The molecule has 0 atom stereocenters. The molecule has 0 unspecified atom stereocenters. The Labute approximate surface area is 70.5 Å².